The predicted molar refractivity (Wildman–Crippen MR) is 143 cm³/mol. The number of hydrogen-bond acceptors (Lipinski definition) is 8. The number of allylic oxidation sites excluding steroid dienone is 1. The Labute approximate surface area is 224 Å². The molecule has 0 fully saturated rings. The lowest BCUT2D eigenvalue weighted by atomic mass is 9.96. The van der Waals surface area contributed by atoms with Crippen LogP contribution in [0.2, 0.25) is 5.02 Å². The summed E-state index contributed by atoms with van der Waals surface area (Å²) in [5.41, 5.74) is 1.23. The van der Waals surface area contributed by atoms with Crippen LogP contribution in [0.25, 0.3) is 17.4 Å². The minimum atomic E-state index is -0.711. The van der Waals surface area contributed by atoms with Crippen molar-refractivity contribution in [2.24, 2.45) is 4.99 Å². The molecule has 0 bridgehead atoms. The molecule has 1 unspecified atom stereocenters. The molecule has 2 aromatic carbocycles. The largest absolute Gasteiger partial charge is 0.463 e. The number of benzene rings is 2. The highest BCUT2D eigenvalue weighted by atomic mass is 35.5. The molecule has 0 saturated heterocycles. The Hall–Kier alpha value is -4.28. The molecule has 1 aliphatic heterocycles. The number of aromatic nitrogens is 1. The van der Waals surface area contributed by atoms with Crippen molar-refractivity contribution in [2.75, 3.05) is 6.61 Å². The molecule has 0 saturated carbocycles. The minimum absolute atomic E-state index is 0.189. The molecule has 0 aliphatic carbocycles. The summed E-state index contributed by atoms with van der Waals surface area (Å²) in [6, 6.07) is 16.0. The van der Waals surface area contributed by atoms with Gasteiger partial charge in [0.05, 0.1) is 38.9 Å². The van der Waals surface area contributed by atoms with Gasteiger partial charge in [-0.15, -0.1) is 0 Å². The zero-order valence-electron chi connectivity index (χ0n) is 20.2. The fraction of sp³-hybridized carbons (Fsp3) is 0.148. The smallest absolute Gasteiger partial charge is 0.338 e. The van der Waals surface area contributed by atoms with Crippen molar-refractivity contribution in [1.29, 1.82) is 0 Å². The number of fused-ring (bicyclic) bond motifs is 1. The van der Waals surface area contributed by atoms with Crippen LogP contribution in [-0.2, 0) is 9.53 Å². The molecular weight excluding hydrogens is 530 g/mol. The molecule has 0 amide bonds. The van der Waals surface area contributed by atoms with Crippen LogP contribution in [0.3, 0.4) is 0 Å². The average Bonchev–Trinajstić information content (AvgIpc) is 3.48. The first kappa shape index (κ1) is 25.4. The lowest BCUT2D eigenvalue weighted by Crippen LogP contribution is -2.39. The Morgan fingerprint density at radius 1 is 1.24 bits per heavy atom. The quantitative estimate of drug-likeness (QED) is 0.197. The van der Waals surface area contributed by atoms with Crippen molar-refractivity contribution in [1.82, 2.24) is 4.57 Å². The summed E-state index contributed by atoms with van der Waals surface area (Å²) in [5.74, 6) is 0.0548. The van der Waals surface area contributed by atoms with Crippen molar-refractivity contribution < 1.29 is 18.9 Å². The second kappa shape index (κ2) is 10.2. The van der Waals surface area contributed by atoms with E-state index in [-0.39, 0.29) is 34.2 Å². The van der Waals surface area contributed by atoms with Crippen LogP contribution in [0.5, 0.6) is 0 Å². The van der Waals surface area contributed by atoms with Gasteiger partial charge in [0.2, 0.25) is 0 Å². The highest BCUT2D eigenvalue weighted by Gasteiger charge is 2.33. The first-order valence-corrected chi connectivity index (χ1v) is 12.8. The van der Waals surface area contributed by atoms with E-state index < -0.39 is 16.9 Å². The van der Waals surface area contributed by atoms with Gasteiger partial charge in [-0.05, 0) is 43.7 Å². The van der Waals surface area contributed by atoms with E-state index in [4.69, 9.17) is 20.8 Å². The summed E-state index contributed by atoms with van der Waals surface area (Å²) < 4.78 is 13.0. The number of esters is 1. The second-order valence-electron chi connectivity index (χ2n) is 8.33. The Kier molecular flexibility index (Phi) is 6.83. The van der Waals surface area contributed by atoms with E-state index in [0.717, 1.165) is 16.9 Å². The maximum atomic E-state index is 13.7. The summed E-state index contributed by atoms with van der Waals surface area (Å²) in [6.07, 6.45) is 1.56. The number of ether oxygens (including phenoxy) is 1. The number of halogens is 1. The van der Waals surface area contributed by atoms with Gasteiger partial charge in [0.25, 0.3) is 11.2 Å². The third kappa shape index (κ3) is 4.59. The SMILES string of the molecule is CCOC(=O)C1=C(C)N=c2s/c(=C/c3ccc(-c4ccc(Cl)cc4[N+](=O)[O-])o3)c(=O)n2C1c1ccccc1. The van der Waals surface area contributed by atoms with Crippen LogP contribution in [0.4, 0.5) is 5.69 Å². The fourth-order valence-corrected chi connectivity index (χ4v) is 5.50. The van der Waals surface area contributed by atoms with Crippen LogP contribution < -0.4 is 14.9 Å². The van der Waals surface area contributed by atoms with Gasteiger partial charge in [-0.3, -0.25) is 19.5 Å². The summed E-state index contributed by atoms with van der Waals surface area (Å²) in [4.78, 5) is 42.5. The third-order valence-electron chi connectivity index (χ3n) is 5.95. The number of carbonyl (C=O) groups excluding carboxylic acids is 1. The van der Waals surface area contributed by atoms with Gasteiger partial charge in [-0.2, -0.15) is 0 Å². The molecule has 9 nitrogen and oxygen atoms in total. The molecular formula is C27H20ClN3O6S. The van der Waals surface area contributed by atoms with Gasteiger partial charge < -0.3 is 9.15 Å². The first-order valence-electron chi connectivity index (χ1n) is 11.6. The van der Waals surface area contributed by atoms with Crippen molar-refractivity contribution >= 4 is 40.7 Å². The Morgan fingerprint density at radius 3 is 2.71 bits per heavy atom. The van der Waals surface area contributed by atoms with E-state index >= 15 is 0 Å². The van der Waals surface area contributed by atoms with Crippen LogP contribution >= 0.6 is 22.9 Å². The topological polar surface area (TPSA) is 117 Å². The van der Waals surface area contributed by atoms with Crippen molar-refractivity contribution in [2.45, 2.75) is 19.9 Å². The number of rotatable bonds is 6. The van der Waals surface area contributed by atoms with Crippen LogP contribution in [0, 0.1) is 10.1 Å². The molecule has 11 heteroatoms. The maximum Gasteiger partial charge on any atom is 0.338 e. The third-order valence-corrected chi connectivity index (χ3v) is 7.17. The van der Waals surface area contributed by atoms with Crippen LogP contribution in [0.1, 0.15) is 31.2 Å². The lowest BCUT2D eigenvalue weighted by Gasteiger charge is -2.24. The zero-order chi connectivity index (χ0) is 27.0. The molecule has 1 atom stereocenters. The molecule has 5 rings (SSSR count). The van der Waals surface area contributed by atoms with Gasteiger partial charge >= 0.3 is 5.97 Å². The Bertz CT molecular complexity index is 1780. The fourth-order valence-electron chi connectivity index (χ4n) is 4.31. The van der Waals surface area contributed by atoms with E-state index in [2.05, 4.69) is 4.99 Å². The average molecular weight is 550 g/mol. The summed E-state index contributed by atoms with van der Waals surface area (Å²) in [6.45, 7) is 3.63. The number of thiazole rings is 1. The standard InChI is InChI=1S/C27H20ClN3O6S/c1-3-36-26(33)23-15(2)29-27-30(24(23)16-7-5-4-6-8-16)25(32)22(38-27)14-18-10-12-21(37-18)19-11-9-17(28)13-20(19)31(34)35/h4-14,24H,3H2,1-2H3/b22-14+. The van der Waals surface area contributed by atoms with Crippen molar-refractivity contribution in [3.63, 3.8) is 0 Å². The number of carbonyl (C=O) groups is 1. The first-order chi connectivity index (χ1) is 18.3. The van der Waals surface area contributed by atoms with Crippen molar-refractivity contribution in [3.8, 4) is 11.3 Å². The number of furan rings is 1. The van der Waals surface area contributed by atoms with E-state index in [0.29, 0.717) is 26.4 Å². The predicted octanol–water partition coefficient (Wildman–Crippen LogP) is 4.62. The molecule has 0 N–H and O–H groups in total. The van der Waals surface area contributed by atoms with Gasteiger partial charge in [0, 0.05) is 17.2 Å². The molecule has 38 heavy (non-hydrogen) atoms. The molecule has 3 heterocycles. The molecule has 192 valence electrons. The number of nitro benzene ring substituents is 1. The summed E-state index contributed by atoms with van der Waals surface area (Å²) >= 11 is 7.08. The van der Waals surface area contributed by atoms with Gasteiger partial charge in [-0.25, -0.2) is 9.79 Å². The molecule has 4 aromatic rings. The van der Waals surface area contributed by atoms with Gasteiger partial charge in [0.1, 0.15) is 11.5 Å². The van der Waals surface area contributed by atoms with E-state index in [1.807, 2.05) is 30.3 Å². The van der Waals surface area contributed by atoms with Crippen LogP contribution in [-0.4, -0.2) is 22.1 Å². The molecule has 1 aliphatic rings. The maximum absolute atomic E-state index is 13.7. The van der Waals surface area contributed by atoms with Crippen molar-refractivity contribution in [3.05, 3.63) is 118 Å². The summed E-state index contributed by atoms with van der Waals surface area (Å²) in [5, 5.41) is 11.7. The van der Waals surface area contributed by atoms with E-state index in [1.165, 1.54) is 22.8 Å². The number of nitrogens with zero attached hydrogens (tertiary/aromatic N) is 3. The van der Waals surface area contributed by atoms with Gasteiger partial charge in [0.15, 0.2) is 4.80 Å². The molecule has 0 spiro atoms. The zero-order valence-corrected chi connectivity index (χ0v) is 21.8. The van der Waals surface area contributed by atoms with Crippen LogP contribution in [0.15, 0.2) is 86.1 Å². The Balaban J connectivity index is 1.63. The van der Waals surface area contributed by atoms with E-state index in [1.54, 1.807) is 32.1 Å². The molecule has 0 radical (unpaired) electrons. The second-order valence-corrected chi connectivity index (χ2v) is 9.78. The monoisotopic (exact) mass is 549 g/mol. The number of nitro groups is 1. The normalized spacial score (nSPS) is 15.2. The Morgan fingerprint density at radius 2 is 2.00 bits per heavy atom. The summed E-state index contributed by atoms with van der Waals surface area (Å²) in [7, 11) is 0. The van der Waals surface area contributed by atoms with Gasteiger partial charge in [-0.1, -0.05) is 53.3 Å². The van der Waals surface area contributed by atoms with E-state index in [9.17, 15) is 19.7 Å². The lowest BCUT2D eigenvalue weighted by molar-refractivity contribution is -0.384. The number of hydrogen-bond donors (Lipinski definition) is 0. The highest BCUT2D eigenvalue weighted by molar-refractivity contribution is 7.07. The minimum Gasteiger partial charge on any atom is -0.463 e. The molecule has 2 aromatic heterocycles. The highest BCUT2D eigenvalue weighted by Crippen LogP contribution is 2.34.